The van der Waals surface area contributed by atoms with Crippen LogP contribution in [0.1, 0.15) is 29.9 Å². The Balaban J connectivity index is 1.67. The van der Waals surface area contributed by atoms with Crippen molar-refractivity contribution in [1.82, 2.24) is 4.98 Å². The number of rotatable bonds is 6. The molecule has 0 amide bonds. The first-order valence-corrected chi connectivity index (χ1v) is 13.1. The molecule has 5 nitrogen and oxygen atoms in total. The third-order valence-corrected chi connectivity index (χ3v) is 7.11. The zero-order chi connectivity index (χ0) is 26.1. The van der Waals surface area contributed by atoms with Crippen molar-refractivity contribution in [2.75, 3.05) is 7.11 Å². The molecule has 0 spiro atoms. The molecule has 0 bridgehead atoms. The standard InChI is InChI=1S/C31H30N2O3S/c1-18(2)35-25-13-14-28-26(16-25)27(17-29(36-28)22-9-11-24(34-6)12-10-22)32-31-33-30(21(5)37-31)23-8-7-19(3)20(4)15-23/h7-18H,1-6H3. The number of thiazole rings is 1. The number of aromatic nitrogens is 1. The molecule has 0 aliphatic rings. The molecule has 0 saturated carbocycles. The molecule has 0 N–H and O–H groups in total. The van der Waals surface area contributed by atoms with Crippen LogP contribution in [0.25, 0.3) is 33.6 Å². The van der Waals surface area contributed by atoms with Crippen molar-refractivity contribution in [2.45, 2.75) is 40.7 Å². The van der Waals surface area contributed by atoms with Crippen molar-refractivity contribution in [3.63, 3.8) is 0 Å². The molecule has 2 heterocycles. The Morgan fingerprint density at radius 3 is 2.27 bits per heavy atom. The van der Waals surface area contributed by atoms with Crippen molar-refractivity contribution in [3.05, 3.63) is 88.1 Å². The van der Waals surface area contributed by atoms with E-state index in [4.69, 9.17) is 23.9 Å². The van der Waals surface area contributed by atoms with E-state index in [1.807, 2.05) is 62.4 Å². The van der Waals surface area contributed by atoms with Gasteiger partial charge in [0.25, 0.3) is 0 Å². The van der Waals surface area contributed by atoms with E-state index in [1.165, 1.54) is 11.1 Å². The molecule has 3 aromatic carbocycles. The molecule has 0 saturated heterocycles. The summed E-state index contributed by atoms with van der Waals surface area (Å²) in [5, 5.41) is 2.35. The van der Waals surface area contributed by atoms with Gasteiger partial charge in [-0.3, -0.25) is 0 Å². The Morgan fingerprint density at radius 2 is 1.57 bits per heavy atom. The Bertz CT molecular complexity index is 1650. The van der Waals surface area contributed by atoms with Crippen LogP contribution in [0, 0.1) is 20.8 Å². The maximum atomic E-state index is 6.31. The zero-order valence-corrected chi connectivity index (χ0v) is 22.8. The smallest absolute Gasteiger partial charge is 0.210 e. The Hall–Kier alpha value is -3.90. The number of ether oxygens (including phenoxy) is 2. The van der Waals surface area contributed by atoms with Crippen LogP contribution < -0.4 is 14.8 Å². The number of benzene rings is 3. The number of fused-ring (bicyclic) bond motifs is 1. The summed E-state index contributed by atoms with van der Waals surface area (Å²) in [6, 6.07) is 22.1. The predicted octanol–water partition coefficient (Wildman–Crippen LogP) is 8.18. The minimum absolute atomic E-state index is 0.0653. The van der Waals surface area contributed by atoms with Gasteiger partial charge in [0, 0.05) is 27.5 Å². The predicted molar refractivity (Wildman–Crippen MR) is 151 cm³/mol. The Kier molecular flexibility index (Phi) is 6.85. The quantitative estimate of drug-likeness (QED) is 0.231. The third kappa shape index (κ3) is 5.30. The normalized spacial score (nSPS) is 11.9. The molecule has 5 aromatic rings. The first-order valence-electron chi connectivity index (χ1n) is 12.3. The summed E-state index contributed by atoms with van der Waals surface area (Å²) in [5.74, 6) is 2.29. The van der Waals surface area contributed by atoms with Crippen molar-refractivity contribution in [2.24, 2.45) is 4.99 Å². The molecular weight excluding hydrogens is 480 g/mol. The molecule has 5 rings (SSSR count). The summed E-state index contributed by atoms with van der Waals surface area (Å²) < 4.78 is 17.6. The van der Waals surface area contributed by atoms with Crippen molar-refractivity contribution in [3.8, 4) is 34.1 Å². The first kappa shape index (κ1) is 24.8. The van der Waals surface area contributed by atoms with Crippen molar-refractivity contribution < 1.29 is 13.9 Å². The fourth-order valence-corrected chi connectivity index (χ4v) is 4.99. The maximum Gasteiger partial charge on any atom is 0.210 e. The van der Waals surface area contributed by atoms with E-state index in [2.05, 4.69) is 39.0 Å². The lowest BCUT2D eigenvalue weighted by Crippen LogP contribution is -2.07. The lowest BCUT2D eigenvalue weighted by atomic mass is 10.0. The van der Waals surface area contributed by atoms with E-state index in [-0.39, 0.29) is 6.10 Å². The van der Waals surface area contributed by atoms with Crippen LogP contribution in [0.15, 0.2) is 76.1 Å². The van der Waals surface area contributed by atoms with Crippen molar-refractivity contribution >= 4 is 27.4 Å². The van der Waals surface area contributed by atoms with Gasteiger partial charge in [0.15, 0.2) is 0 Å². The molecule has 0 aliphatic heterocycles. The van der Waals surface area contributed by atoms with Crippen molar-refractivity contribution in [1.29, 1.82) is 0 Å². The maximum absolute atomic E-state index is 6.31. The van der Waals surface area contributed by atoms with Gasteiger partial charge >= 0.3 is 0 Å². The monoisotopic (exact) mass is 510 g/mol. The largest absolute Gasteiger partial charge is 0.497 e. The SMILES string of the molecule is COc1ccc(-c2cc(=Nc3nc(-c4ccc(C)c(C)c4)c(C)s3)c3cc(OC(C)C)ccc3o2)cc1. The van der Waals surface area contributed by atoms with E-state index in [1.54, 1.807) is 18.4 Å². The number of hydrogen-bond acceptors (Lipinski definition) is 6. The molecule has 0 radical (unpaired) electrons. The first-order chi connectivity index (χ1) is 17.8. The number of nitrogens with zero attached hydrogens (tertiary/aromatic N) is 2. The fourth-order valence-electron chi connectivity index (χ4n) is 4.17. The van der Waals surface area contributed by atoms with Gasteiger partial charge in [-0.25, -0.2) is 9.98 Å². The summed E-state index contributed by atoms with van der Waals surface area (Å²) >= 11 is 1.59. The average molecular weight is 511 g/mol. The van der Waals surface area contributed by atoms with Crippen LogP contribution >= 0.6 is 11.3 Å². The summed E-state index contributed by atoms with van der Waals surface area (Å²) in [4.78, 5) is 11.1. The van der Waals surface area contributed by atoms with Gasteiger partial charge in [-0.2, -0.15) is 0 Å². The highest BCUT2D eigenvalue weighted by Crippen LogP contribution is 2.33. The van der Waals surface area contributed by atoms with Crippen LogP contribution in [0.5, 0.6) is 11.5 Å². The molecule has 6 heteroatoms. The minimum Gasteiger partial charge on any atom is -0.497 e. The van der Waals surface area contributed by atoms with E-state index in [0.29, 0.717) is 10.9 Å². The van der Waals surface area contributed by atoms with Crippen LogP contribution in [0.2, 0.25) is 0 Å². The Morgan fingerprint density at radius 1 is 0.838 bits per heavy atom. The molecule has 0 atom stereocenters. The topological polar surface area (TPSA) is 56.9 Å². The number of hydrogen-bond donors (Lipinski definition) is 0. The lowest BCUT2D eigenvalue weighted by molar-refractivity contribution is 0.242. The minimum atomic E-state index is 0.0653. The lowest BCUT2D eigenvalue weighted by Gasteiger charge is -2.11. The Labute approximate surface area is 221 Å². The fraction of sp³-hybridized carbons (Fsp3) is 0.226. The van der Waals surface area contributed by atoms with E-state index < -0.39 is 0 Å². The van der Waals surface area contributed by atoms with Crippen LogP contribution in [-0.2, 0) is 0 Å². The van der Waals surface area contributed by atoms with Crippen LogP contribution in [0.3, 0.4) is 0 Å². The molecule has 37 heavy (non-hydrogen) atoms. The number of aryl methyl sites for hydroxylation is 3. The summed E-state index contributed by atoms with van der Waals surface area (Å²) in [6.07, 6.45) is 0.0653. The van der Waals surface area contributed by atoms with Gasteiger partial charge < -0.3 is 13.9 Å². The molecule has 0 fully saturated rings. The zero-order valence-electron chi connectivity index (χ0n) is 22.0. The van der Waals surface area contributed by atoms with E-state index >= 15 is 0 Å². The molecule has 0 unspecified atom stereocenters. The average Bonchev–Trinajstić information content (AvgIpc) is 3.25. The summed E-state index contributed by atoms with van der Waals surface area (Å²) in [5.41, 5.74) is 6.26. The third-order valence-electron chi connectivity index (χ3n) is 6.24. The summed E-state index contributed by atoms with van der Waals surface area (Å²) in [7, 11) is 1.66. The second kappa shape index (κ2) is 10.2. The highest BCUT2D eigenvalue weighted by Gasteiger charge is 2.13. The van der Waals surface area contributed by atoms with E-state index in [9.17, 15) is 0 Å². The molecule has 2 aromatic heterocycles. The van der Waals surface area contributed by atoms with Crippen LogP contribution in [0.4, 0.5) is 5.13 Å². The van der Waals surface area contributed by atoms with Gasteiger partial charge in [0.1, 0.15) is 22.8 Å². The highest BCUT2D eigenvalue weighted by atomic mass is 32.1. The number of methoxy groups -OCH3 is 1. The molecule has 0 aliphatic carbocycles. The second-order valence-electron chi connectivity index (χ2n) is 9.36. The molecular formula is C31H30N2O3S. The van der Waals surface area contributed by atoms with Gasteiger partial charge in [0.05, 0.1) is 24.3 Å². The summed E-state index contributed by atoms with van der Waals surface area (Å²) in [6.45, 7) is 10.4. The van der Waals surface area contributed by atoms with Gasteiger partial charge in [-0.1, -0.05) is 23.5 Å². The van der Waals surface area contributed by atoms with Gasteiger partial charge in [-0.15, -0.1) is 0 Å². The molecule has 188 valence electrons. The van der Waals surface area contributed by atoms with E-state index in [0.717, 1.165) is 49.5 Å². The van der Waals surface area contributed by atoms with Crippen LogP contribution in [-0.4, -0.2) is 18.2 Å². The second-order valence-corrected chi connectivity index (χ2v) is 10.5. The highest BCUT2D eigenvalue weighted by molar-refractivity contribution is 7.15. The van der Waals surface area contributed by atoms with Gasteiger partial charge in [-0.05, 0) is 94.3 Å². The van der Waals surface area contributed by atoms with Gasteiger partial charge in [0.2, 0.25) is 5.13 Å².